The fourth-order valence-corrected chi connectivity index (χ4v) is 3.35. The van der Waals surface area contributed by atoms with Crippen molar-refractivity contribution in [3.8, 4) is 5.75 Å². The van der Waals surface area contributed by atoms with Gasteiger partial charge in [-0.2, -0.15) is 0 Å². The molecule has 0 unspecified atom stereocenters. The summed E-state index contributed by atoms with van der Waals surface area (Å²) in [5.74, 6) is 0.856. The maximum Gasteiger partial charge on any atom is 0.260 e. The molecule has 0 bridgehead atoms. The number of carbonyl (C=O) groups is 1. The number of benzene rings is 1. The zero-order valence-corrected chi connectivity index (χ0v) is 13.2. The summed E-state index contributed by atoms with van der Waals surface area (Å²) in [6.45, 7) is 1.46. The number of amides is 1. The topological polar surface area (TPSA) is 29.5 Å². The van der Waals surface area contributed by atoms with Crippen LogP contribution in [0.25, 0.3) is 0 Å². The van der Waals surface area contributed by atoms with E-state index in [1.165, 1.54) is 4.88 Å². The van der Waals surface area contributed by atoms with Gasteiger partial charge in [-0.3, -0.25) is 4.79 Å². The Kier molecular flexibility index (Phi) is 4.08. The van der Waals surface area contributed by atoms with Crippen LogP contribution in [0.15, 0.2) is 40.2 Å². The van der Waals surface area contributed by atoms with E-state index in [-0.39, 0.29) is 12.5 Å². The standard InChI is InChI=1S/C15H14BrNO2S/c16-12-3-4-14-11(8-12)9-17(15(18)10-19-14)6-5-13-2-1-7-20-13/h1-4,7-8H,5-6,9-10H2. The molecule has 1 amide bonds. The average molecular weight is 352 g/mol. The summed E-state index contributed by atoms with van der Waals surface area (Å²) >= 11 is 5.19. The van der Waals surface area contributed by atoms with Gasteiger partial charge in [0.15, 0.2) is 6.61 Å². The van der Waals surface area contributed by atoms with Crippen LogP contribution in [0.5, 0.6) is 5.75 Å². The van der Waals surface area contributed by atoms with Gasteiger partial charge < -0.3 is 9.64 Å². The van der Waals surface area contributed by atoms with E-state index >= 15 is 0 Å². The van der Waals surface area contributed by atoms with Gasteiger partial charge in [0.25, 0.3) is 5.91 Å². The summed E-state index contributed by atoms with van der Waals surface area (Å²) in [6.07, 6.45) is 0.896. The van der Waals surface area contributed by atoms with Gasteiger partial charge in [-0.05, 0) is 36.1 Å². The Morgan fingerprint density at radius 3 is 3.05 bits per heavy atom. The Labute approximate surface area is 130 Å². The fourth-order valence-electron chi connectivity index (χ4n) is 2.24. The first-order valence-electron chi connectivity index (χ1n) is 6.44. The van der Waals surface area contributed by atoms with Gasteiger partial charge in [-0.25, -0.2) is 0 Å². The predicted octanol–water partition coefficient (Wildman–Crippen LogP) is 3.47. The molecular formula is C15H14BrNO2S. The van der Waals surface area contributed by atoms with Gasteiger partial charge in [0.2, 0.25) is 0 Å². The normalized spacial score (nSPS) is 14.7. The van der Waals surface area contributed by atoms with E-state index in [0.29, 0.717) is 6.54 Å². The van der Waals surface area contributed by atoms with E-state index in [4.69, 9.17) is 4.74 Å². The first-order chi connectivity index (χ1) is 9.72. The molecule has 3 rings (SSSR count). The summed E-state index contributed by atoms with van der Waals surface area (Å²) < 4.78 is 6.58. The Morgan fingerprint density at radius 1 is 1.35 bits per heavy atom. The number of fused-ring (bicyclic) bond motifs is 1. The van der Waals surface area contributed by atoms with Crippen molar-refractivity contribution in [2.24, 2.45) is 0 Å². The summed E-state index contributed by atoms with van der Waals surface area (Å²) in [4.78, 5) is 15.3. The average Bonchev–Trinajstić information content (AvgIpc) is 2.90. The lowest BCUT2D eigenvalue weighted by Crippen LogP contribution is -2.33. The lowest BCUT2D eigenvalue weighted by atomic mass is 10.2. The van der Waals surface area contributed by atoms with Crippen LogP contribution in [-0.2, 0) is 17.8 Å². The molecule has 0 saturated heterocycles. The lowest BCUT2D eigenvalue weighted by molar-refractivity contribution is -0.133. The first kappa shape index (κ1) is 13.6. The largest absolute Gasteiger partial charge is 0.483 e. The van der Waals surface area contributed by atoms with Crippen LogP contribution in [0.4, 0.5) is 0 Å². The second-order valence-corrected chi connectivity index (χ2v) is 6.63. The lowest BCUT2D eigenvalue weighted by Gasteiger charge is -2.19. The molecule has 2 aromatic rings. The molecule has 0 fully saturated rings. The molecule has 0 N–H and O–H groups in total. The molecule has 0 atom stereocenters. The Hall–Kier alpha value is -1.33. The highest BCUT2D eigenvalue weighted by molar-refractivity contribution is 9.10. The van der Waals surface area contributed by atoms with Gasteiger partial charge in [0, 0.05) is 28.0 Å². The smallest absolute Gasteiger partial charge is 0.260 e. The van der Waals surface area contributed by atoms with E-state index in [1.54, 1.807) is 11.3 Å². The Morgan fingerprint density at radius 2 is 2.25 bits per heavy atom. The highest BCUT2D eigenvalue weighted by atomic mass is 79.9. The number of hydrogen-bond donors (Lipinski definition) is 0. The third-order valence-corrected chi connectivity index (χ3v) is 4.73. The summed E-state index contributed by atoms with van der Waals surface area (Å²) in [6, 6.07) is 10.0. The van der Waals surface area contributed by atoms with Crippen molar-refractivity contribution in [2.45, 2.75) is 13.0 Å². The summed E-state index contributed by atoms with van der Waals surface area (Å²) in [5.41, 5.74) is 1.05. The monoisotopic (exact) mass is 351 g/mol. The molecule has 5 heteroatoms. The van der Waals surface area contributed by atoms with Crippen LogP contribution in [0.3, 0.4) is 0 Å². The van der Waals surface area contributed by atoms with Gasteiger partial charge in [0.05, 0.1) is 0 Å². The molecule has 2 heterocycles. The maximum absolute atomic E-state index is 12.1. The van der Waals surface area contributed by atoms with Crippen molar-refractivity contribution >= 4 is 33.2 Å². The van der Waals surface area contributed by atoms with Crippen molar-refractivity contribution < 1.29 is 9.53 Å². The molecule has 104 valence electrons. The van der Waals surface area contributed by atoms with E-state index in [0.717, 1.165) is 28.8 Å². The number of rotatable bonds is 3. The van der Waals surface area contributed by atoms with Crippen LogP contribution < -0.4 is 4.74 Å². The minimum absolute atomic E-state index is 0.0499. The number of hydrogen-bond acceptors (Lipinski definition) is 3. The third kappa shape index (κ3) is 3.04. The molecule has 0 saturated carbocycles. The summed E-state index contributed by atoms with van der Waals surface area (Å²) in [7, 11) is 0. The first-order valence-corrected chi connectivity index (χ1v) is 8.11. The number of thiophene rings is 1. The maximum atomic E-state index is 12.1. The molecule has 1 aromatic heterocycles. The molecular weight excluding hydrogens is 338 g/mol. The van der Waals surface area contributed by atoms with E-state index in [2.05, 4.69) is 27.4 Å². The zero-order valence-electron chi connectivity index (χ0n) is 10.8. The van der Waals surface area contributed by atoms with E-state index < -0.39 is 0 Å². The van der Waals surface area contributed by atoms with Crippen molar-refractivity contribution in [3.05, 3.63) is 50.6 Å². The molecule has 0 radical (unpaired) electrons. The van der Waals surface area contributed by atoms with Crippen molar-refractivity contribution in [1.29, 1.82) is 0 Å². The third-order valence-electron chi connectivity index (χ3n) is 3.30. The Bertz CT molecular complexity index is 612. The highest BCUT2D eigenvalue weighted by Gasteiger charge is 2.21. The molecule has 3 nitrogen and oxygen atoms in total. The van der Waals surface area contributed by atoms with Crippen LogP contribution in [-0.4, -0.2) is 24.0 Å². The van der Waals surface area contributed by atoms with Gasteiger partial charge in [-0.15, -0.1) is 11.3 Å². The molecule has 0 spiro atoms. The zero-order chi connectivity index (χ0) is 13.9. The minimum Gasteiger partial charge on any atom is -0.483 e. The van der Waals surface area contributed by atoms with Crippen LogP contribution in [0.1, 0.15) is 10.4 Å². The van der Waals surface area contributed by atoms with Crippen molar-refractivity contribution in [3.63, 3.8) is 0 Å². The molecule has 1 aromatic carbocycles. The molecule has 0 aliphatic carbocycles. The highest BCUT2D eigenvalue weighted by Crippen LogP contribution is 2.27. The van der Waals surface area contributed by atoms with Gasteiger partial charge in [-0.1, -0.05) is 22.0 Å². The van der Waals surface area contributed by atoms with Crippen molar-refractivity contribution in [1.82, 2.24) is 4.90 Å². The summed E-state index contributed by atoms with van der Waals surface area (Å²) in [5, 5.41) is 2.06. The second kappa shape index (κ2) is 5.97. The van der Waals surface area contributed by atoms with E-state index in [9.17, 15) is 4.79 Å². The second-order valence-electron chi connectivity index (χ2n) is 4.69. The SMILES string of the molecule is O=C1COc2ccc(Br)cc2CN1CCc1cccs1. The number of ether oxygens (including phenoxy) is 1. The number of carbonyl (C=O) groups excluding carboxylic acids is 1. The predicted molar refractivity (Wildman–Crippen MR) is 83.1 cm³/mol. The number of halogens is 1. The molecule has 20 heavy (non-hydrogen) atoms. The van der Waals surface area contributed by atoms with Crippen LogP contribution in [0.2, 0.25) is 0 Å². The van der Waals surface area contributed by atoms with Crippen LogP contribution in [0, 0.1) is 0 Å². The fraction of sp³-hybridized carbons (Fsp3) is 0.267. The van der Waals surface area contributed by atoms with Gasteiger partial charge in [0.1, 0.15) is 5.75 Å². The van der Waals surface area contributed by atoms with Crippen LogP contribution >= 0.6 is 27.3 Å². The van der Waals surface area contributed by atoms with Crippen molar-refractivity contribution in [2.75, 3.05) is 13.2 Å². The molecule has 1 aliphatic rings. The quantitative estimate of drug-likeness (QED) is 0.847. The minimum atomic E-state index is 0.0499. The van der Waals surface area contributed by atoms with E-state index in [1.807, 2.05) is 29.2 Å². The Balaban J connectivity index is 1.75. The molecule has 1 aliphatic heterocycles. The van der Waals surface area contributed by atoms with Gasteiger partial charge >= 0.3 is 0 Å². The number of nitrogens with zero attached hydrogens (tertiary/aromatic N) is 1.